The summed E-state index contributed by atoms with van der Waals surface area (Å²) in [6, 6.07) is 0. The number of carboxylic acid groups (broad SMARTS) is 1. The Bertz CT molecular complexity index is 321. The number of aliphatic carboxylic acids is 1. The third-order valence-corrected chi connectivity index (χ3v) is 2.86. The predicted octanol–water partition coefficient (Wildman–Crippen LogP) is -2.40. The van der Waals surface area contributed by atoms with Crippen molar-refractivity contribution in [3.63, 3.8) is 0 Å². The Morgan fingerprint density at radius 1 is 1.22 bits per heavy atom. The molecule has 0 aromatic carbocycles. The van der Waals surface area contributed by atoms with Crippen LogP contribution in [0.3, 0.4) is 0 Å². The fourth-order valence-electron chi connectivity index (χ4n) is 1.41. The molecular weight excluding hydrogens is 307 g/mol. The minimum atomic E-state index is -0.745. The minimum absolute atomic E-state index is 0. The molecule has 0 unspecified atom stereocenters. The first kappa shape index (κ1) is 26.7. The summed E-state index contributed by atoms with van der Waals surface area (Å²) in [6.45, 7) is 12.5. The van der Waals surface area contributed by atoms with E-state index in [1.165, 1.54) is 16.7 Å². The molecule has 103 valence electrons. The first-order chi connectivity index (χ1) is 6.72. The maximum atomic E-state index is 9.37. The molecule has 1 aliphatic carbocycles. The van der Waals surface area contributed by atoms with Gasteiger partial charge in [0.15, 0.2) is 0 Å². The van der Waals surface area contributed by atoms with Gasteiger partial charge < -0.3 is 29.9 Å². The molecule has 0 fully saturated rings. The molecule has 0 bridgehead atoms. The van der Waals surface area contributed by atoms with E-state index >= 15 is 0 Å². The van der Waals surface area contributed by atoms with E-state index in [0.29, 0.717) is 0 Å². The second-order valence-electron chi connectivity index (χ2n) is 4.37. The Morgan fingerprint density at radius 3 is 1.61 bits per heavy atom. The molecule has 0 amide bonds. The van der Waals surface area contributed by atoms with Crippen LogP contribution in [0.1, 0.15) is 48.0 Å². The van der Waals surface area contributed by atoms with Gasteiger partial charge in [0.1, 0.15) is 0 Å². The van der Waals surface area contributed by atoms with E-state index < -0.39 is 5.97 Å². The average Bonchev–Trinajstić information content (AvgIpc) is 2.30. The first-order valence-electron chi connectivity index (χ1n) is 5.24. The molecule has 0 heterocycles. The van der Waals surface area contributed by atoms with Crippen LogP contribution in [-0.2, 0) is 26.5 Å². The Morgan fingerprint density at radius 2 is 1.56 bits per heavy atom. The molecule has 0 atom stereocenters. The summed E-state index contributed by atoms with van der Waals surface area (Å²) in [4.78, 5) is 9.37. The van der Waals surface area contributed by atoms with Crippen LogP contribution in [0.15, 0.2) is 16.7 Å². The predicted molar refractivity (Wildman–Crippen MR) is 62.5 cm³/mol. The zero-order valence-electron chi connectivity index (χ0n) is 11.8. The summed E-state index contributed by atoms with van der Waals surface area (Å²) < 4.78 is 0. The standard InChI is InChI=1S/C10H15.C3H6O2.2ClH.Ti/c1-7-6-10(4,5)9(3)8(7)2;1-2-3(4)5;;;/h1-5H3;2H2,1H3,(H,4,5);2*1H;/q-1;;;;+3/p-2. The topological polar surface area (TPSA) is 37.3 Å². The number of hydrogen-bond acceptors (Lipinski definition) is 1. The van der Waals surface area contributed by atoms with Gasteiger partial charge in [0.25, 0.3) is 0 Å². The van der Waals surface area contributed by atoms with Crippen molar-refractivity contribution in [2.24, 2.45) is 5.41 Å². The molecule has 2 nitrogen and oxygen atoms in total. The van der Waals surface area contributed by atoms with Crippen LogP contribution in [0, 0.1) is 11.5 Å². The van der Waals surface area contributed by atoms with Gasteiger partial charge in [-0.05, 0) is 0 Å². The number of halogens is 2. The summed E-state index contributed by atoms with van der Waals surface area (Å²) in [5.41, 5.74) is 4.39. The zero-order valence-corrected chi connectivity index (χ0v) is 14.9. The smallest absolute Gasteiger partial charge is 1.00 e. The van der Waals surface area contributed by atoms with Crippen LogP contribution in [0.25, 0.3) is 0 Å². The number of carboxylic acids is 1. The average molecular weight is 328 g/mol. The third-order valence-electron chi connectivity index (χ3n) is 2.86. The van der Waals surface area contributed by atoms with Gasteiger partial charge in [0.2, 0.25) is 0 Å². The van der Waals surface area contributed by atoms with Gasteiger partial charge in [0.05, 0.1) is 0 Å². The number of allylic oxidation sites excluding steroid dienone is 4. The molecule has 1 rings (SSSR count). The van der Waals surface area contributed by atoms with Crippen molar-refractivity contribution in [1.82, 2.24) is 0 Å². The van der Waals surface area contributed by atoms with E-state index in [1.54, 1.807) is 6.92 Å². The van der Waals surface area contributed by atoms with Gasteiger partial charge in [-0.25, -0.2) is 5.57 Å². The van der Waals surface area contributed by atoms with E-state index in [1.807, 2.05) is 0 Å². The van der Waals surface area contributed by atoms with E-state index in [2.05, 4.69) is 40.7 Å². The Balaban J connectivity index is -0.000000109. The van der Waals surface area contributed by atoms with Crippen LogP contribution in [0.2, 0.25) is 0 Å². The molecular formula is C13H21Cl2O2Ti. The molecule has 0 saturated heterocycles. The Hall–Kier alpha value is 0.244. The Labute approximate surface area is 138 Å². The normalized spacial score (nSPS) is 15.1. The van der Waals surface area contributed by atoms with Crippen LogP contribution in [0.4, 0.5) is 0 Å². The minimum Gasteiger partial charge on any atom is -1.00 e. The van der Waals surface area contributed by atoms with Crippen LogP contribution in [-0.4, -0.2) is 11.1 Å². The van der Waals surface area contributed by atoms with Crippen LogP contribution >= 0.6 is 0 Å². The van der Waals surface area contributed by atoms with E-state index in [9.17, 15) is 4.79 Å². The molecule has 0 spiro atoms. The van der Waals surface area contributed by atoms with Gasteiger partial charge >= 0.3 is 27.7 Å². The monoisotopic (exact) mass is 327 g/mol. The fourth-order valence-corrected chi connectivity index (χ4v) is 1.41. The molecule has 0 saturated carbocycles. The van der Waals surface area contributed by atoms with Crippen LogP contribution in [0.5, 0.6) is 0 Å². The summed E-state index contributed by atoms with van der Waals surface area (Å²) in [6.07, 6.45) is 3.66. The molecule has 1 aliphatic rings. The van der Waals surface area contributed by atoms with Gasteiger partial charge in [-0.15, -0.1) is 6.92 Å². The molecule has 0 aromatic rings. The summed E-state index contributed by atoms with van der Waals surface area (Å²) in [5.74, 6) is -0.745. The van der Waals surface area contributed by atoms with E-state index in [0.717, 1.165) is 0 Å². The largest absolute Gasteiger partial charge is 3.00 e. The van der Waals surface area contributed by atoms with Crippen LogP contribution < -0.4 is 24.8 Å². The van der Waals surface area contributed by atoms with E-state index in [-0.39, 0.29) is 58.4 Å². The summed E-state index contributed by atoms with van der Waals surface area (Å²) in [5, 5.41) is 7.72. The fraction of sp³-hybridized carbons (Fsp3) is 0.615. The third kappa shape index (κ3) is 8.36. The van der Waals surface area contributed by atoms with Crippen molar-refractivity contribution < 1.29 is 56.4 Å². The number of rotatable bonds is 1. The van der Waals surface area contributed by atoms with Crippen molar-refractivity contribution >= 4 is 5.97 Å². The summed E-state index contributed by atoms with van der Waals surface area (Å²) in [7, 11) is 0. The number of hydrogen-bond donors (Lipinski definition) is 1. The molecule has 1 N–H and O–H groups in total. The SMILES string of the molecule is CC1=[C-]C(C)(C)C(C)=C1C.CCC(=O)O.[Cl-].[Cl-].[Ti+3]. The van der Waals surface area contributed by atoms with Gasteiger partial charge in [-0.2, -0.15) is 11.1 Å². The van der Waals surface area contributed by atoms with Crippen molar-refractivity contribution in [2.45, 2.75) is 48.0 Å². The second kappa shape index (κ2) is 11.1. The quantitative estimate of drug-likeness (QED) is 0.431. The summed E-state index contributed by atoms with van der Waals surface area (Å²) >= 11 is 0. The van der Waals surface area contributed by atoms with Gasteiger partial charge in [-0.3, -0.25) is 10.9 Å². The van der Waals surface area contributed by atoms with Crippen molar-refractivity contribution in [3.05, 3.63) is 22.8 Å². The molecule has 1 radical (unpaired) electrons. The first-order valence-corrected chi connectivity index (χ1v) is 5.24. The number of carbonyl (C=O) groups is 1. The van der Waals surface area contributed by atoms with Crippen molar-refractivity contribution in [1.29, 1.82) is 0 Å². The van der Waals surface area contributed by atoms with Gasteiger partial charge in [-0.1, -0.05) is 40.0 Å². The van der Waals surface area contributed by atoms with Crippen molar-refractivity contribution in [2.75, 3.05) is 0 Å². The Kier molecular flexibility index (Phi) is 16.5. The molecule has 18 heavy (non-hydrogen) atoms. The second-order valence-corrected chi connectivity index (χ2v) is 4.37. The molecule has 5 heteroatoms. The maximum absolute atomic E-state index is 9.37. The van der Waals surface area contributed by atoms with Crippen molar-refractivity contribution in [3.8, 4) is 0 Å². The molecule has 0 aromatic heterocycles. The zero-order chi connectivity index (χ0) is 12.2. The van der Waals surface area contributed by atoms with Gasteiger partial charge in [0, 0.05) is 6.42 Å². The van der Waals surface area contributed by atoms with E-state index in [4.69, 9.17) is 5.11 Å². The maximum Gasteiger partial charge on any atom is 3.00 e. The molecule has 0 aliphatic heterocycles.